The zero-order chi connectivity index (χ0) is 21.8. The maximum atomic E-state index is 13.1. The molecule has 1 amide bonds. The molecule has 1 aliphatic rings. The highest BCUT2D eigenvalue weighted by atomic mass is 32.2. The van der Waals surface area contributed by atoms with E-state index in [9.17, 15) is 13.2 Å². The molecule has 9 nitrogen and oxygen atoms in total. The van der Waals surface area contributed by atoms with Crippen molar-refractivity contribution in [1.82, 2.24) is 14.1 Å². The summed E-state index contributed by atoms with van der Waals surface area (Å²) in [4.78, 5) is 12.7. The van der Waals surface area contributed by atoms with Crippen LogP contribution in [0, 0.1) is 0 Å². The van der Waals surface area contributed by atoms with Crippen molar-refractivity contribution >= 4 is 21.6 Å². The third-order valence-electron chi connectivity index (χ3n) is 4.91. The fraction of sp³-hybridized carbons (Fsp3) is 0.238. The first-order valence-electron chi connectivity index (χ1n) is 9.66. The Labute approximate surface area is 180 Å². The molecule has 1 saturated heterocycles. The second-order valence-corrected chi connectivity index (χ2v) is 8.74. The summed E-state index contributed by atoms with van der Waals surface area (Å²) in [7, 11) is -2.38. The molecule has 1 fully saturated rings. The molecule has 31 heavy (non-hydrogen) atoms. The van der Waals surface area contributed by atoms with Gasteiger partial charge in [0.1, 0.15) is 10.6 Å². The van der Waals surface area contributed by atoms with Crippen molar-refractivity contribution in [2.24, 2.45) is 0 Å². The van der Waals surface area contributed by atoms with E-state index in [2.05, 4.69) is 10.4 Å². The molecule has 1 N–H and O–H groups in total. The molecule has 2 heterocycles. The third-order valence-corrected chi connectivity index (χ3v) is 6.83. The van der Waals surface area contributed by atoms with Gasteiger partial charge in [0.2, 0.25) is 10.0 Å². The number of ether oxygens (including phenoxy) is 2. The summed E-state index contributed by atoms with van der Waals surface area (Å²) in [5, 5.41) is 6.91. The van der Waals surface area contributed by atoms with Crippen LogP contribution >= 0.6 is 0 Å². The van der Waals surface area contributed by atoms with Crippen LogP contribution in [0.1, 0.15) is 10.4 Å². The quantitative estimate of drug-likeness (QED) is 0.628. The minimum Gasteiger partial charge on any atom is -0.495 e. The van der Waals surface area contributed by atoms with Crippen molar-refractivity contribution < 1.29 is 22.7 Å². The number of nitrogens with one attached hydrogen (secondary N) is 1. The van der Waals surface area contributed by atoms with E-state index in [1.165, 1.54) is 23.5 Å². The van der Waals surface area contributed by atoms with E-state index in [1.54, 1.807) is 41.2 Å². The average molecular weight is 442 g/mol. The van der Waals surface area contributed by atoms with E-state index < -0.39 is 10.0 Å². The molecule has 0 atom stereocenters. The van der Waals surface area contributed by atoms with Crippen molar-refractivity contribution in [1.29, 1.82) is 0 Å². The maximum absolute atomic E-state index is 13.1. The van der Waals surface area contributed by atoms with E-state index >= 15 is 0 Å². The first-order chi connectivity index (χ1) is 15.0. The number of sulfonamides is 1. The van der Waals surface area contributed by atoms with Crippen LogP contribution in [0.4, 0.5) is 5.69 Å². The number of aromatic nitrogens is 2. The lowest BCUT2D eigenvalue weighted by Gasteiger charge is -2.26. The third kappa shape index (κ3) is 4.46. The summed E-state index contributed by atoms with van der Waals surface area (Å²) in [6, 6.07) is 13.3. The summed E-state index contributed by atoms with van der Waals surface area (Å²) in [5.74, 6) is -0.139. The van der Waals surface area contributed by atoms with Crippen LogP contribution in [-0.2, 0) is 14.8 Å². The molecule has 0 saturated carbocycles. The monoisotopic (exact) mass is 442 g/mol. The lowest BCUT2D eigenvalue weighted by Crippen LogP contribution is -2.40. The van der Waals surface area contributed by atoms with E-state index in [0.717, 1.165) is 5.69 Å². The number of benzene rings is 2. The van der Waals surface area contributed by atoms with Gasteiger partial charge in [-0.15, -0.1) is 0 Å². The number of rotatable bonds is 6. The smallest absolute Gasteiger partial charge is 0.255 e. The van der Waals surface area contributed by atoms with Gasteiger partial charge in [-0.05, 0) is 48.5 Å². The predicted octanol–water partition coefficient (Wildman–Crippen LogP) is 2.15. The van der Waals surface area contributed by atoms with Gasteiger partial charge >= 0.3 is 0 Å². The van der Waals surface area contributed by atoms with Gasteiger partial charge in [-0.3, -0.25) is 4.79 Å². The summed E-state index contributed by atoms with van der Waals surface area (Å²) < 4.78 is 39.7. The Bertz CT molecular complexity index is 1150. The van der Waals surface area contributed by atoms with Crippen LogP contribution < -0.4 is 10.1 Å². The highest BCUT2D eigenvalue weighted by Crippen LogP contribution is 2.30. The standard InChI is InChI=1S/C21H22N4O5S/c1-29-19-8-5-17(15-20(19)31(27,28)24-11-13-30-14-12-24)23-21(26)16-3-6-18(7-4-16)25-10-2-9-22-25/h2-10,15H,11-14H2,1H3,(H,23,26). The predicted molar refractivity (Wildman–Crippen MR) is 114 cm³/mol. The van der Waals surface area contributed by atoms with Crippen LogP contribution in [0.2, 0.25) is 0 Å². The van der Waals surface area contributed by atoms with Gasteiger partial charge in [-0.1, -0.05) is 0 Å². The van der Waals surface area contributed by atoms with Crippen LogP contribution in [-0.4, -0.2) is 61.8 Å². The van der Waals surface area contributed by atoms with E-state index in [1.807, 2.05) is 12.3 Å². The molecule has 0 bridgehead atoms. The number of hydrogen-bond donors (Lipinski definition) is 1. The Balaban J connectivity index is 1.56. The second-order valence-electron chi connectivity index (χ2n) is 6.83. The van der Waals surface area contributed by atoms with Gasteiger partial charge in [0, 0.05) is 36.7 Å². The molecule has 0 aliphatic carbocycles. The Morgan fingerprint density at radius 3 is 2.52 bits per heavy atom. The minimum absolute atomic E-state index is 0.00345. The molecule has 3 aromatic rings. The molecule has 1 aromatic heterocycles. The number of nitrogens with zero attached hydrogens (tertiary/aromatic N) is 3. The molecule has 10 heteroatoms. The first kappa shape index (κ1) is 21.0. The molecular formula is C21H22N4O5S. The molecule has 2 aromatic carbocycles. The van der Waals surface area contributed by atoms with Gasteiger partial charge in [0.15, 0.2) is 0 Å². The Kier molecular flexibility index (Phi) is 6.03. The maximum Gasteiger partial charge on any atom is 0.255 e. The molecule has 0 unspecified atom stereocenters. The van der Waals surface area contributed by atoms with Crippen molar-refractivity contribution in [2.45, 2.75) is 4.90 Å². The molecular weight excluding hydrogens is 420 g/mol. The Hall–Kier alpha value is -3.21. The SMILES string of the molecule is COc1ccc(NC(=O)c2ccc(-n3cccn3)cc2)cc1S(=O)(=O)N1CCOCC1. The largest absolute Gasteiger partial charge is 0.495 e. The Morgan fingerprint density at radius 2 is 1.87 bits per heavy atom. The van der Waals surface area contributed by atoms with E-state index in [4.69, 9.17) is 9.47 Å². The Morgan fingerprint density at radius 1 is 1.13 bits per heavy atom. The lowest BCUT2D eigenvalue weighted by atomic mass is 10.2. The van der Waals surface area contributed by atoms with Gasteiger partial charge in [-0.25, -0.2) is 13.1 Å². The summed E-state index contributed by atoms with van der Waals surface area (Å²) in [6.07, 6.45) is 3.48. The lowest BCUT2D eigenvalue weighted by molar-refractivity contribution is 0.0729. The van der Waals surface area contributed by atoms with E-state index in [0.29, 0.717) is 24.5 Å². The first-order valence-corrected chi connectivity index (χ1v) is 11.1. The second kappa shape index (κ2) is 8.88. The van der Waals surface area contributed by atoms with Crippen molar-refractivity contribution in [3.63, 3.8) is 0 Å². The van der Waals surface area contributed by atoms with Crippen LogP contribution in [0.25, 0.3) is 5.69 Å². The van der Waals surface area contributed by atoms with Crippen molar-refractivity contribution in [3.8, 4) is 11.4 Å². The van der Waals surface area contributed by atoms with Crippen LogP contribution in [0.15, 0.2) is 65.8 Å². The number of anilines is 1. The summed E-state index contributed by atoms with van der Waals surface area (Å²) in [6.45, 7) is 1.22. The van der Waals surface area contributed by atoms with Gasteiger partial charge in [-0.2, -0.15) is 9.40 Å². The topological polar surface area (TPSA) is 103 Å². The highest BCUT2D eigenvalue weighted by Gasteiger charge is 2.29. The molecule has 162 valence electrons. The number of carbonyl (C=O) groups is 1. The number of hydrogen-bond acceptors (Lipinski definition) is 6. The average Bonchev–Trinajstić information content (AvgIpc) is 3.35. The molecule has 0 spiro atoms. The molecule has 4 rings (SSSR count). The summed E-state index contributed by atoms with van der Waals surface area (Å²) >= 11 is 0. The van der Waals surface area contributed by atoms with Crippen molar-refractivity contribution in [2.75, 3.05) is 38.7 Å². The molecule has 0 radical (unpaired) electrons. The van der Waals surface area contributed by atoms with Gasteiger partial charge in [0.25, 0.3) is 5.91 Å². The number of carbonyl (C=O) groups excluding carboxylic acids is 1. The molecule has 1 aliphatic heterocycles. The zero-order valence-electron chi connectivity index (χ0n) is 16.9. The van der Waals surface area contributed by atoms with Gasteiger partial charge in [0.05, 0.1) is 26.0 Å². The van der Waals surface area contributed by atoms with Crippen LogP contribution in [0.3, 0.4) is 0 Å². The van der Waals surface area contributed by atoms with E-state index in [-0.39, 0.29) is 29.6 Å². The number of methoxy groups -OCH3 is 1. The fourth-order valence-electron chi connectivity index (χ4n) is 3.27. The highest BCUT2D eigenvalue weighted by molar-refractivity contribution is 7.89. The minimum atomic E-state index is -3.79. The number of amides is 1. The normalized spacial score (nSPS) is 14.9. The van der Waals surface area contributed by atoms with Crippen LogP contribution in [0.5, 0.6) is 5.75 Å². The van der Waals surface area contributed by atoms with Crippen molar-refractivity contribution in [3.05, 3.63) is 66.5 Å². The zero-order valence-corrected chi connectivity index (χ0v) is 17.7. The fourth-order valence-corrected chi connectivity index (χ4v) is 4.86. The van der Waals surface area contributed by atoms with Gasteiger partial charge < -0.3 is 14.8 Å². The number of morpholine rings is 1. The summed E-state index contributed by atoms with van der Waals surface area (Å²) in [5.41, 5.74) is 1.61.